The molecule has 2 fully saturated rings. The molecule has 37 heavy (non-hydrogen) atoms. The van der Waals surface area contributed by atoms with Crippen LogP contribution in [0.2, 0.25) is 0 Å². The van der Waals surface area contributed by atoms with Gasteiger partial charge < -0.3 is 13.7 Å². The monoisotopic (exact) mass is 547 g/mol. The van der Waals surface area contributed by atoms with Crippen LogP contribution >= 0.6 is 0 Å². The first-order chi connectivity index (χ1) is 17.0. The van der Waals surface area contributed by atoms with Crippen molar-refractivity contribution in [2.24, 2.45) is 5.41 Å². The van der Waals surface area contributed by atoms with Crippen LogP contribution in [0.25, 0.3) is 0 Å². The van der Waals surface area contributed by atoms with Gasteiger partial charge in [0.05, 0.1) is 0 Å². The Balaban J connectivity index is 1.45. The molecule has 3 aliphatic rings. The van der Waals surface area contributed by atoms with Crippen LogP contribution in [-0.4, -0.2) is 61.5 Å². The summed E-state index contributed by atoms with van der Waals surface area (Å²) in [5.41, 5.74) is -5.80. The highest BCUT2D eigenvalue weighted by Gasteiger charge is 2.56. The largest absolute Gasteiger partial charge is 0.534 e. The van der Waals surface area contributed by atoms with Gasteiger partial charge in [-0.05, 0) is 88.0 Å². The number of hydrogen-bond acceptors (Lipinski definition) is 8. The van der Waals surface area contributed by atoms with Crippen LogP contribution < -0.4 is 4.18 Å². The second-order valence-electron chi connectivity index (χ2n) is 10.8. The van der Waals surface area contributed by atoms with Crippen molar-refractivity contribution in [1.29, 1.82) is 0 Å². The van der Waals surface area contributed by atoms with Crippen molar-refractivity contribution in [3.8, 4) is 5.75 Å². The number of carbonyl (C=O) groups is 3. The molecule has 2 aliphatic carbocycles. The Morgan fingerprint density at radius 2 is 1.73 bits per heavy atom. The lowest BCUT2D eigenvalue weighted by Crippen LogP contribution is -2.44. The van der Waals surface area contributed by atoms with Gasteiger partial charge >= 0.3 is 27.7 Å². The average molecular weight is 548 g/mol. The van der Waals surface area contributed by atoms with Crippen molar-refractivity contribution in [3.05, 3.63) is 28.8 Å². The highest BCUT2D eigenvalue weighted by atomic mass is 32.2. The highest BCUT2D eigenvalue weighted by Crippen LogP contribution is 2.55. The summed E-state index contributed by atoms with van der Waals surface area (Å²) < 4.78 is 76.1. The molecule has 1 spiro atoms. The molecule has 1 unspecified atom stereocenters. The van der Waals surface area contributed by atoms with E-state index in [4.69, 9.17) is 9.47 Å². The molecule has 1 atom stereocenters. The molecule has 9 nitrogen and oxygen atoms in total. The Kier molecular flexibility index (Phi) is 6.75. The topological polar surface area (TPSA) is 116 Å². The quantitative estimate of drug-likeness (QED) is 0.228. The Morgan fingerprint density at radius 1 is 1.08 bits per heavy atom. The normalized spacial score (nSPS) is 20.5. The van der Waals surface area contributed by atoms with Crippen LogP contribution in [0.5, 0.6) is 5.75 Å². The second kappa shape index (κ2) is 9.17. The van der Waals surface area contributed by atoms with Crippen LogP contribution in [0, 0.1) is 5.41 Å². The lowest BCUT2D eigenvalue weighted by Gasteiger charge is -2.27. The summed E-state index contributed by atoms with van der Waals surface area (Å²) in [7, 11) is -5.86. The van der Waals surface area contributed by atoms with E-state index in [9.17, 15) is 36.0 Å². The van der Waals surface area contributed by atoms with E-state index in [2.05, 4.69) is 4.18 Å². The van der Waals surface area contributed by atoms with E-state index in [1.54, 1.807) is 20.8 Å². The maximum Gasteiger partial charge on any atom is 0.534 e. The fourth-order valence-electron chi connectivity index (χ4n) is 4.81. The molecule has 1 heterocycles. The average Bonchev–Trinajstić information content (AvgIpc) is 3.16. The number of esters is 1. The van der Waals surface area contributed by atoms with E-state index >= 15 is 0 Å². The van der Waals surface area contributed by atoms with Crippen molar-refractivity contribution in [2.75, 3.05) is 13.2 Å². The van der Waals surface area contributed by atoms with Gasteiger partial charge in [-0.25, -0.2) is 9.59 Å². The fourth-order valence-corrected chi connectivity index (χ4v) is 5.29. The first kappa shape index (κ1) is 27.2. The number of ketones is 1. The van der Waals surface area contributed by atoms with E-state index in [1.807, 2.05) is 0 Å². The highest BCUT2D eigenvalue weighted by molar-refractivity contribution is 7.88. The third-order valence-corrected chi connectivity index (χ3v) is 7.70. The second-order valence-corrected chi connectivity index (χ2v) is 12.3. The van der Waals surface area contributed by atoms with Gasteiger partial charge in [-0.1, -0.05) is 0 Å². The summed E-state index contributed by atoms with van der Waals surface area (Å²) in [5.74, 6) is -1.82. The molecule has 0 aromatic heterocycles. The molecule has 1 saturated carbocycles. The van der Waals surface area contributed by atoms with Crippen molar-refractivity contribution in [1.82, 2.24) is 4.90 Å². The Labute approximate surface area is 212 Å². The van der Waals surface area contributed by atoms with Gasteiger partial charge in [-0.3, -0.25) is 9.69 Å². The predicted octanol–water partition coefficient (Wildman–Crippen LogP) is 3.92. The van der Waals surface area contributed by atoms with Crippen LogP contribution in [0.15, 0.2) is 12.1 Å². The number of carbonyl (C=O) groups excluding carboxylic acids is 3. The Hall–Kier alpha value is -2.83. The molecule has 4 rings (SSSR count). The summed E-state index contributed by atoms with van der Waals surface area (Å²) in [6.45, 7) is 4.87. The maximum atomic E-state index is 12.9. The summed E-state index contributed by atoms with van der Waals surface area (Å²) in [6.07, 6.45) is 2.57. The number of halogens is 3. The minimum absolute atomic E-state index is 0.117. The molecule has 0 N–H and O–H groups in total. The minimum atomic E-state index is -5.86. The molecule has 1 aromatic rings. The van der Waals surface area contributed by atoms with Gasteiger partial charge in [0.1, 0.15) is 17.4 Å². The fraction of sp³-hybridized carbons (Fsp3) is 0.625. The van der Waals surface area contributed by atoms with Crippen LogP contribution in [0.1, 0.15) is 67.9 Å². The van der Waals surface area contributed by atoms with E-state index < -0.39 is 57.5 Å². The lowest BCUT2D eigenvalue weighted by atomic mass is 9.99. The summed E-state index contributed by atoms with van der Waals surface area (Å²) >= 11 is 0. The van der Waals surface area contributed by atoms with Crippen molar-refractivity contribution in [3.63, 3.8) is 0 Å². The number of alkyl halides is 3. The van der Waals surface area contributed by atoms with Crippen LogP contribution in [0.3, 0.4) is 0 Å². The Bertz CT molecular complexity index is 1230. The summed E-state index contributed by atoms with van der Waals surface area (Å²) in [6, 6.07) is 1.28. The molecule has 1 aliphatic heterocycles. The lowest BCUT2D eigenvalue weighted by molar-refractivity contribution is -0.147. The first-order valence-corrected chi connectivity index (χ1v) is 13.3. The first-order valence-electron chi connectivity index (χ1n) is 11.9. The molecular weight excluding hydrogens is 519 g/mol. The molecule has 1 saturated heterocycles. The molecule has 1 aromatic carbocycles. The molecule has 1 amide bonds. The number of ether oxygens (including phenoxy) is 2. The smallest absolute Gasteiger partial charge is 0.456 e. The molecule has 0 radical (unpaired) electrons. The third kappa shape index (κ3) is 5.70. The number of fused-ring (bicyclic) bond motifs is 1. The number of rotatable bonds is 6. The number of hydrogen-bond donors (Lipinski definition) is 0. The van der Waals surface area contributed by atoms with Gasteiger partial charge in [-0.15, -0.1) is 0 Å². The SMILES string of the molecule is CC(C)(C)OC(=O)N1CC2(CC2)CC1C(=O)OCC(=O)c1ccc(OS(=O)(=O)C(F)(F)F)c2c1CCC2. The zero-order valence-electron chi connectivity index (χ0n) is 20.6. The third-order valence-electron chi connectivity index (χ3n) is 6.74. The number of nitrogens with zero attached hydrogens (tertiary/aromatic N) is 1. The maximum absolute atomic E-state index is 12.9. The molecule has 0 bridgehead atoms. The number of likely N-dealkylation sites (tertiary alicyclic amines) is 1. The van der Waals surface area contributed by atoms with Crippen molar-refractivity contribution < 1.29 is 49.6 Å². The molecule has 204 valence electrons. The van der Waals surface area contributed by atoms with Gasteiger partial charge in [-0.2, -0.15) is 21.6 Å². The van der Waals surface area contributed by atoms with Gasteiger partial charge in [0.25, 0.3) is 0 Å². The summed E-state index contributed by atoms with van der Waals surface area (Å²) in [4.78, 5) is 39.8. The number of benzene rings is 1. The standard InChI is InChI=1S/C24H28F3NO8S/c1-22(2,3)35-21(31)28-13-23(9-10-23)11-17(28)20(30)34-12-18(29)15-7-8-19(16-6-4-5-14(15)16)36-37(32,33)24(25,26)27/h7-8,17H,4-6,9-13H2,1-3H3. The number of Topliss-reactive ketones (excluding diaryl/α,β-unsaturated/α-hetero) is 1. The van der Waals surface area contributed by atoms with Gasteiger partial charge in [0, 0.05) is 12.1 Å². The van der Waals surface area contributed by atoms with E-state index in [0.29, 0.717) is 31.4 Å². The van der Waals surface area contributed by atoms with E-state index in [-0.39, 0.29) is 23.0 Å². The molecule has 13 heteroatoms. The molecular formula is C24H28F3NO8S. The van der Waals surface area contributed by atoms with Gasteiger partial charge in [0.15, 0.2) is 6.61 Å². The summed E-state index contributed by atoms with van der Waals surface area (Å²) in [5, 5.41) is 0. The predicted molar refractivity (Wildman–Crippen MR) is 122 cm³/mol. The van der Waals surface area contributed by atoms with E-state index in [0.717, 1.165) is 18.9 Å². The van der Waals surface area contributed by atoms with Crippen LogP contribution in [-0.2, 0) is 37.2 Å². The number of amides is 1. The van der Waals surface area contributed by atoms with Gasteiger partial charge in [0.2, 0.25) is 5.78 Å². The van der Waals surface area contributed by atoms with Crippen LogP contribution in [0.4, 0.5) is 18.0 Å². The van der Waals surface area contributed by atoms with E-state index in [1.165, 1.54) is 11.0 Å². The zero-order chi connectivity index (χ0) is 27.4. The zero-order valence-corrected chi connectivity index (χ0v) is 21.5. The minimum Gasteiger partial charge on any atom is -0.456 e. The van der Waals surface area contributed by atoms with Crippen molar-refractivity contribution >= 4 is 28.0 Å². The van der Waals surface area contributed by atoms with Crippen molar-refractivity contribution in [2.45, 2.75) is 76.4 Å². The Morgan fingerprint density at radius 3 is 2.32 bits per heavy atom.